The lowest BCUT2D eigenvalue weighted by Crippen LogP contribution is -2.39. The van der Waals surface area contributed by atoms with Crippen LogP contribution in [0.4, 0.5) is 4.39 Å². The highest BCUT2D eigenvalue weighted by molar-refractivity contribution is 6.44. The summed E-state index contributed by atoms with van der Waals surface area (Å²) in [5.74, 6) is -0.891. The first kappa shape index (κ1) is 27.0. The number of carbonyl (C=O) groups excluding carboxylic acids is 3. The SMILES string of the molecule is CN=CCn1cc(C(=O)C(=O)N(C)C)c2cc(C(=O)N3CCC(Cc4ccc(F)cc4)CC3)c(OC)cc21. The first-order valence-electron chi connectivity index (χ1n) is 12.6. The number of aliphatic imine (C=N–C) groups is 1. The van der Waals surface area contributed by atoms with Gasteiger partial charge in [0.05, 0.1) is 30.3 Å². The van der Waals surface area contributed by atoms with E-state index in [2.05, 4.69) is 4.99 Å². The molecule has 1 fully saturated rings. The molecule has 8 nitrogen and oxygen atoms in total. The second-order valence-corrected chi connectivity index (χ2v) is 9.80. The van der Waals surface area contributed by atoms with Gasteiger partial charge in [0.15, 0.2) is 0 Å². The summed E-state index contributed by atoms with van der Waals surface area (Å²) in [6.07, 6.45) is 5.84. The molecule has 200 valence electrons. The molecular formula is C29H33FN4O4. The Hall–Kier alpha value is -4.01. The number of aromatic nitrogens is 1. The number of hydrogen-bond acceptors (Lipinski definition) is 5. The number of piperidine rings is 1. The lowest BCUT2D eigenvalue weighted by Gasteiger charge is -2.32. The maximum absolute atomic E-state index is 13.6. The van der Waals surface area contributed by atoms with E-state index >= 15 is 0 Å². The number of likely N-dealkylation sites (N-methyl/N-ethyl adjacent to an activating group) is 1. The predicted molar refractivity (Wildman–Crippen MR) is 145 cm³/mol. The number of ether oxygens (including phenoxy) is 1. The van der Waals surface area contributed by atoms with Gasteiger partial charge in [-0.3, -0.25) is 19.4 Å². The molecule has 0 radical (unpaired) electrons. The molecule has 38 heavy (non-hydrogen) atoms. The zero-order valence-corrected chi connectivity index (χ0v) is 22.2. The predicted octanol–water partition coefficient (Wildman–Crippen LogP) is 3.86. The Kier molecular flexibility index (Phi) is 8.24. The molecule has 3 aromatic rings. The molecule has 0 bridgehead atoms. The summed E-state index contributed by atoms with van der Waals surface area (Å²) in [7, 11) is 6.23. The van der Waals surface area contributed by atoms with Gasteiger partial charge >= 0.3 is 0 Å². The maximum atomic E-state index is 13.6. The van der Waals surface area contributed by atoms with E-state index in [4.69, 9.17) is 4.74 Å². The summed E-state index contributed by atoms with van der Waals surface area (Å²) in [4.78, 5) is 46.3. The second kappa shape index (κ2) is 11.6. The summed E-state index contributed by atoms with van der Waals surface area (Å²) in [5.41, 5.74) is 2.35. The van der Waals surface area contributed by atoms with Crippen molar-refractivity contribution >= 4 is 34.7 Å². The third kappa shape index (κ3) is 5.61. The van der Waals surface area contributed by atoms with Gasteiger partial charge in [0.1, 0.15) is 11.6 Å². The van der Waals surface area contributed by atoms with Crippen molar-refractivity contribution in [2.45, 2.75) is 25.8 Å². The van der Waals surface area contributed by atoms with Crippen LogP contribution in [0.5, 0.6) is 5.75 Å². The lowest BCUT2D eigenvalue weighted by atomic mass is 9.90. The number of halogens is 1. The van der Waals surface area contributed by atoms with Crippen LogP contribution in [0.2, 0.25) is 0 Å². The molecule has 0 atom stereocenters. The lowest BCUT2D eigenvalue weighted by molar-refractivity contribution is -0.124. The number of benzene rings is 2. The fraction of sp³-hybridized carbons (Fsp3) is 0.379. The van der Waals surface area contributed by atoms with Crippen molar-refractivity contribution in [3.63, 3.8) is 0 Å². The van der Waals surface area contributed by atoms with Crippen molar-refractivity contribution in [1.82, 2.24) is 14.4 Å². The summed E-state index contributed by atoms with van der Waals surface area (Å²) in [5, 5.41) is 0.519. The van der Waals surface area contributed by atoms with Crippen LogP contribution in [0.25, 0.3) is 10.9 Å². The molecule has 1 aromatic heterocycles. The normalized spacial score (nSPS) is 14.3. The monoisotopic (exact) mass is 520 g/mol. The fourth-order valence-corrected chi connectivity index (χ4v) is 4.94. The second-order valence-electron chi connectivity index (χ2n) is 9.80. The average molecular weight is 521 g/mol. The largest absolute Gasteiger partial charge is 0.496 e. The number of ketones is 1. The summed E-state index contributed by atoms with van der Waals surface area (Å²) < 4.78 is 20.6. The van der Waals surface area contributed by atoms with Gasteiger partial charge in [0, 0.05) is 58.1 Å². The minimum Gasteiger partial charge on any atom is -0.496 e. The van der Waals surface area contributed by atoms with Crippen molar-refractivity contribution in [2.24, 2.45) is 10.9 Å². The Labute approximate surface area is 221 Å². The molecule has 0 aliphatic carbocycles. The number of methoxy groups -OCH3 is 1. The quantitative estimate of drug-likeness (QED) is 0.257. The molecule has 2 heterocycles. The Morgan fingerprint density at radius 1 is 1.11 bits per heavy atom. The van der Waals surface area contributed by atoms with Crippen LogP contribution in [-0.2, 0) is 17.8 Å². The molecule has 0 spiro atoms. The number of carbonyl (C=O) groups is 3. The zero-order valence-electron chi connectivity index (χ0n) is 22.2. The van der Waals surface area contributed by atoms with Gasteiger partial charge in [-0.2, -0.15) is 0 Å². The average Bonchev–Trinajstić information content (AvgIpc) is 3.28. The van der Waals surface area contributed by atoms with Crippen LogP contribution in [0.15, 0.2) is 47.6 Å². The van der Waals surface area contributed by atoms with Crippen molar-refractivity contribution in [3.8, 4) is 5.75 Å². The standard InChI is InChI=1S/C29H33FN4O4/c1-31-11-14-34-18-24(27(35)29(37)32(2)3)22-16-23(26(38-4)17-25(22)34)28(36)33-12-9-20(10-13-33)15-19-5-7-21(30)8-6-19/h5-8,11,16-18,20H,9-10,12-15H2,1-4H3. The van der Waals surface area contributed by atoms with Crippen molar-refractivity contribution in [1.29, 1.82) is 0 Å². The maximum Gasteiger partial charge on any atom is 0.294 e. The molecule has 4 rings (SSSR count). The van der Waals surface area contributed by atoms with E-state index in [0.717, 1.165) is 24.8 Å². The van der Waals surface area contributed by atoms with E-state index in [-0.39, 0.29) is 17.3 Å². The Balaban J connectivity index is 1.61. The summed E-state index contributed by atoms with van der Waals surface area (Å²) >= 11 is 0. The highest BCUT2D eigenvalue weighted by atomic mass is 19.1. The fourth-order valence-electron chi connectivity index (χ4n) is 4.94. The zero-order chi connectivity index (χ0) is 27.4. The van der Waals surface area contributed by atoms with Gasteiger partial charge in [-0.25, -0.2) is 4.39 Å². The third-order valence-electron chi connectivity index (χ3n) is 7.08. The van der Waals surface area contributed by atoms with E-state index < -0.39 is 11.7 Å². The minimum atomic E-state index is -0.641. The molecule has 0 saturated carbocycles. The van der Waals surface area contributed by atoms with Gasteiger partial charge in [-0.05, 0) is 48.9 Å². The number of hydrogen-bond donors (Lipinski definition) is 0. The van der Waals surface area contributed by atoms with Gasteiger partial charge < -0.3 is 19.1 Å². The molecule has 0 N–H and O–H groups in total. The van der Waals surface area contributed by atoms with Crippen molar-refractivity contribution in [3.05, 3.63) is 65.1 Å². The molecular weight excluding hydrogens is 487 g/mol. The molecule has 2 amide bonds. The Morgan fingerprint density at radius 3 is 2.39 bits per heavy atom. The smallest absolute Gasteiger partial charge is 0.294 e. The van der Waals surface area contributed by atoms with Crippen LogP contribution in [-0.4, -0.2) is 79.5 Å². The van der Waals surface area contributed by atoms with E-state index in [1.165, 1.54) is 38.2 Å². The number of fused-ring (bicyclic) bond motifs is 1. The highest BCUT2D eigenvalue weighted by Crippen LogP contribution is 2.32. The highest BCUT2D eigenvalue weighted by Gasteiger charge is 2.29. The number of rotatable bonds is 8. The minimum absolute atomic E-state index is 0.177. The van der Waals surface area contributed by atoms with Crippen LogP contribution in [0.1, 0.15) is 39.1 Å². The number of nitrogens with zero attached hydrogens (tertiary/aromatic N) is 4. The van der Waals surface area contributed by atoms with E-state index in [9.17, 15) is 18.8 Å². The topological polar surface area (TPSA) is 84.2 Å². The summed E-state index contributed by atoms with van der Waals surface area (Å²) in [6, 6.07) is 9.98. The van der Waals surface area contributed by atoms with Crippen molar-refractivity contribution in [2.75, 3.05) is 41.3 Å². The number of amides is 2. The first-order chi connectivity index (χ1) is 18.2. The Morgan fingerprint density at radius 2 is 1.79 bits per heavy atom. The molecule has 0 unspecified atom stereocenters. The molecule has 2 aromatic carbocycles. The van der Waals surface area contributed by atoms with Crippen molar-refractivity contribution < 1.29 is 23.5 Å². The number of likely N-dealkylation sites (tertiary alicyclic amines) is 1. The van der Waals surface area contributed by atoms with Crippen LogP contribution in [0.3, 0.4) is 0 Å². The van der Waals surface area contributed by atoms with Crippen LogP contribution < -0.4 is 4.74 Å². The van der Waals surface area contributed by atoms with Gasteiger partial charge in [0.25, 0.3) is 17.6 Å². The number of Topliss-reactive ketones (excluding diaryl/α,β-unsaturated/α-hetero) is 1. The van der Waals surface area contributed by atoms with Crippen LogP contribution >= 0.6 is 0 Å². The summed E-state index contributed by atoms with van der Waals surface area (Å²) in [6.45, 7) is 1.57. The van der Waals surface area contributed by atoms with Gasteiger partial charge in [-0.15, -0.1) is 0 Å². The van der Waals surface area contributed by atoms with E-state index in [0.29, 0.717) is 47.8 Å². The van der Waals surface area contributed by atoms with Crippen LogP contribution in [0, 0.1) is 11.7 Å². The van der Waals surface area contributed by atoms with E-state index in [1.54, 1.807) is 36.5 Å². The first-order valence-corrected chi connectivity index (χ1v) is 12.6. The van der Waals surface area contributed by atoms with Gasteiger partial charge in [-0.1, -0.05) is 12.1 Å². The molecule has 9 heteroatoms. The van der Waals surface area contributed by atoms with Gasteiger partial charge in [0.2, 0.25) is 0 Å². The molecule has 1 saturated heterocycles. The molecule has 1 aliphatic rings. The third-order valence-corrected chi connectivity index (χ3v) is 7.08. The Bertz CT molecular complexity index is 1370. The van der Waals surface area contributed by atoms with E-state index in [1.807, 2.05) is 16.7 Å². The molecule has 1 aliphatic heterocycles.